The van der Waals surface area contributed by atoms with E-state index in [1.807, 2.05) is 6.07 Å². The minimum atomic E-state index is -0.369. The monoisotopic (exact) mass is 465 g/mol. The third-order valence-electron chi connectivity index (χ3n) is 7.14. The van der Waals surface area contributed by atoms with Crippen LogP contribution < -0.4 is 0 Å². The molecule has 34 heavy (non-hydrogen) atoms. The standard InChI is InChI=1S/C29H39NO4/c31-18-8-3-1-2-7-11-26-28(21-27(32)29(26)30-16-19-33-20-17-30)34-22-23-12-14-25(15-13-23)24-9-5-4-6-10-24/h1-2,4-6,9-10,12-15,26-29,31-32H,3,7-8,11,16-22H2/b2-1-/t26-,27-,28-,29+/m1/s1. The van der Waals surface area contributed by atoms with E-state index in [9.17, 15) is 5.11 Å². The van der Waals surface area contributed by atoms with Gasteiger partial charge in [-0.25, -0.2) is 0 Å². The van der Waals surface area contributed by atoms with Gasteiger partial charge in [-0.05, 0) is 42.4 Å². The van der Waals surface area contributed by atoms with Gasteiger partial charge in [-0.1, -0.05) is 66.7 Å². The normalized spacial score (nSPS) is 25.8. The van der Waals surface area contributed by atoms with E-state index in [1.54, 1.807) is 0 Å². The highest BCUT2D eigenvalue weighted by atomic mass is 16.5. The van der Waals surface area contributed by atoms with Gasteiger partial charge in [-0.2, -0.15) is 0 Å². The number of unbranched alkanes of at least 4 members (excludes halogenated alkanes) is 1. The Kier molecular flexibility index (Phi) is 9.72. The Hall–Kier alpha value is -2.02. The average Bonchev–Trinajstić information content (AvgIpc) is 3.21. The first-order chi connectivity index (χ1) is 16.8. The van der Waals surface area contributed by atoms with Crippen LogP contribution in [0.15, 0.2) is 66.7 Å². The van der Waals surface area contributed by atoms with Gasteiger partial charge in [0.2, 0.25) is 0 Å². The van der Waals surface area contributed by atoms with Gasteiger partial charge in [0.05, 0.1) is 32.0 Å². The number of ether oxygens (including phenoxy) is 2. The molecule has 0 spiro atoms. The van der Waals surface area contributed by atoms with Gasteiger partial charge < -0.3 is 19.7 Å². The quantitative estimate of drug-likeness (QED) is 0.380. The highest BCUT2D eigenvalue weighted by molar-refractivity contribution is 5.63. The van der Waals surface area contributed by atoms with Crippen molar-refractivity contribution in [2.75, 3.05) is 32.9 Å². The Bertz CT molecular complexity index is 863. The Labute approximate surface area is 204 Å². The molecule has 2 aromatic carbocycles. The van der Waals surface area contributed by atoms with Crippen molar-refractivity contribution >= 4 is 0 Å². The third kappa shape index (κ3) is 6.77. The first kappa shape index (κ1) is 25.1. The highest BCUT2D eigenvalue weighted by Gasteiger charge is 2.45. The molecule has 0 radical (unpaired) electrons. The molecule has 0 bridgehead atoms. The summed E-state index contributed by atoms with van der Waals surface area (Å²) < 4.78 is 12.0. The Morgan fingerprint density at radius 3 is 2.38 bits per heavy atom. The van der Waals surface area contributed by atoms with Gasteiger partial charge in [-0.15, -0.1) is 0 Å². The largest absolute Gasteiger partial charge is 0.396 e. The zero-order chi connectivity index (χ0) is 23.6. The third-order valence-corrected chi connectivity index (χ3v) is 7.14. The second-order valence-corrected chi connectivity index (χ2v) is 9.43. The van der Waals surface area contributed by atoms with Crippen molar-refractivity contribution in [3.63, 3.8) is 0 Å². The molecule has 2 N–H and O–H groups in total. The molecule has 184 valence electrons. The molecule has 1 saturated heterocycles. The number of morpholine rings is 1. The number of aliphatic hydroxyl groups excluding tert-OH is 2. The van der Waals surface area contributed by atoms with Crippen LogP contribution >= 0.6 is 0 Å². The van der Waals surface area contributed by atoms with E-state index in [-0.39, 0.29) is 24.9 Å². The fourth-order valence-electron chi connectivity index (χ4n) is 5.36. The van der Waals surface area contributed by atoms with Crippen LogP contribution in [0.1, 0.15) is 37.7 Å². The zero-order valence-corrected chi connectivity index (χ0v) is 20.1. The van der Waals surface area contributed by atoms with Gasteiger partial charge in [0, 0.05) is 38.1 Å². The van der Waals surface area contributed by atoms with E-state index in [1.165, 1.54) is 11.1 Å². The first-order valence-corrected chi connectivity index (χ1v) is 12.8. The van der Waals surface area contributed by atoms with E-state index in [4.69, 9.17) is 14.6 Å². The maximum Gasteiger partial charge on any atom is 0.0723 e. The molecule has 1 heterocycles. The van der Waals surface area contributed by atoms with Gasteiger partial charge in [0.25, 0.3) is 0 Å². The van der Waals surface area contributed by atoms with Gasteiger partial charge in [-0.3, -0.25) is 4.90 Å². The average molecular weight is 466 g/mol. The topological polar surface area (TPSA) is 62.2 Å². The summed E-state index contributed by atoms with van der Waals surface area (Å²) in [5.41, 5.74) is 3.58. The van der Waals surface area contributed by atoms with Crippen LogP contribution in [0.2, 0.25) is 0 Å². The SMILES string of the molecule is OCCC/C=C\CC[C@H]1[C@H](N2CCOCC2)[C@H](O)C[C@H]1OCc1ccc(-c2ccccc2)cc1. The van der Waals surface area contributed by atoms with E-state index in [0.717, 1.165) is 57.6 Å². The van der Waals surface area contributed by atoms with Crippen molar-refractivity contribution in [3.8, 4) is 11.1 Å². The molecule has 1 aliphatic heterocycles. The van der Waals surface area contributed by atoms with Crippen LogP contribution in [0.5, 0.6) is 0 Å². The smallest absolute Gasteiger partial charge is 0.0723 e. The van der Waals surface area contributed by atoms with E-state index in [0.29, 0.717) is 18.9 Å². The summed E-state index contributed by atoms with van der Waals surface area (Å²) in [6.07, 6.45) is 8.42. The number of nitrogens with zero attached hydrogens (tertiary/aromatic N) is 1. The zero-order valence-electron chi connectivity index (χ0n) is 20.1. The molecule has 2 fully saturated rings. The van der Waals surface area contributed by atoms with Gasteiger partial charge in [0.15, 0.2) is 0 Å². The molecule has 1 saturated carbocycles. The Balaban J connectivity index is 1.38. The number of hydrogen-bond acceptors (Lipinski definition) is 5. The molecule has 0 amide bonds. The summed E-state index contributed by atoms with van der Waals surface area (Å²) in [6, 6.07) is 19.1. The molecule has 1 aliphatic carbocycles. The van der Waals surface area contributed by atoms with Crippen LogP contribution in [-0.4, -0.2) is 66.3 Å². The predicted octanol–water partition coefficient (Wildman–Crippen LogP) is 4.43. The maximum absolute atomic E-state index is 11.0. The number of hydrogen-bond donors (Lipinski definition) is 2. The van der Waals surface area contributed by atoms with E-state index < -0.39 is 0 Å². The molecular formula is C29H39NO4. The second kappa shape index (κ2) is 13.2. The summed E-state index contributed by atoms with van der Waals surface area (Å²) in [6.45, 7) is 4.01. The summed E-state index contributed by atoms with van der Waals surface area (Å²) in [4.78, 5) is 2.41. The van der Waals surface area contributed by atoms with Gasteiger partial charge in [0.1, 0.15) is 0 Å². The summed E-state index contributed by atoms with van der Waals surface area (Å²) in [5, 5.41) is 20.0. The number of allylic oxidation sites excluding steroid dienone is 2. The predicted molar refractivity (Wildman–Crippen MR) is 135 cm³/mol. The molecule has 2 aliphatic rings. The molecule has 4 rings (SSSR count). The number of aliphatic hydroxyl groups is 2. The Morgan fingerprint density at radius 1 is 0.941 bits per heavy atom. The molecule has 0 unspecified atom stereocenters. The van der Waals surface area contributed by atoms with E-state index >= 15 is 0 Å². The lowest BCUT2D eigenvalue weighted by Crippen LogP contribution is -2.50. The van der Waals surface area contributed by atoms with E-state index in [2.05, 4.69) is 65.6 Å². The van der Waals surface area contributed by atoms with Crippen molar-refractivity contribution < 1.29 is 19.7 Å². The minimum absolute atomic E-state index is 0.0440. The maximum atomic E-state index is 11.0. The molecule has 0 aromatic heterocycles. The molecule has 4 atom stereocenters. The Morgan fingerprint density at radius 2 is 1.65 bits per heavy atom. The lowest BCUT2D eigenvalue weighted by Gasteiger charge is -2.38. The minimum Gasteiger partial charge on any atom is -0.396 e. The van der Waals surface area contributed by atoms with Crippen molar-refractivity contribution in [2.24, 2.45) is 5.92 Å². The summed E-state index contributed by atoms with van der Waals surface area (Å²) in [5.74, 6) is 0.291. The van der Waals surface area contributed by atoms with Crippen LogP contribution in [0.3, 0.4) is 0 Å². The summed E-state index contributed by atoms with van der Waals surface area (Å²) >= 11 is 0. The first-order valence-electron chi connectivity index (χ1n) is 12.8. The fourth-order valence-corrected chi connectivity index (χ4v) is 5.36. The molecule has 5 heteroatoms. The molecule has 5 nitrogen and oxygen atoms in total. The molecule has 2 aromatic rings. The lowest BCUT2D eigenvalue weighted by atomic mass is 9.93. The fraction of sp³-hybridized carbons (Fsp3) is 0.517. The van der Waals surface area contributed by atoms with Crippen LogP contribution in [-0.2, 0) is 16.1 Å². The molecular weight excluding hydrogens is 426 g/mol. The van der Waals surface area contributed by atoms with Crippen molar-refractivity contribution in [3.05, 3.63) is 72.3 Å². The van der Waals surface area contributed by atoms with Crippen LogP contribution in [0, 0.1) is 5.92 Å². The van der Waals surface area contributed by atoms with Crippen LogP contribution in [0.4, 0.5) is 0 Å². The van der Waals surface area contributed by atoms with Crippen LogP contribution in [0.25, 0.3) is 11.1 Å². The number of benzene rings is 2. The second-order valence-electron chi connectivity index (χ2n) is 9.43. The van der Waals surface area contributed by atoms with Crippen molar-refractivity contribution in [1.82, 2.24) is 4.90 Å². The number of rotatable bonds is 11. The summed E-state index contributed by atoms with van der Waals surface area (Å²) in [7, 11) is 0. The highest BCUT2D eigenvalue weighted by Crippen LogP contribution is 2.37. The van der Waals surface area contributed by atoms with Crippen molar-refractivity contribution in [2.45, 2.75) is 57.0 Å². The lowest BCUT2D eigenvalue weighted by molar-refractivity contribution is -0.0354. The van der Waals surface area contributed by atoms with Gasteiger partial charge >= 0.3 is 0 Å². The van der Waals surface area contributed by atoms with Crippen molar-refractivity contribution in [1.29, 1.82) is 0 Å².